The van der Waals surface area contributed by atoms with E-state index in [4.69, 9.17) is 11.6 Å². The van der Waals surface area contributed by atoms with Gasteiger partial charge >= 0.3 is 0 Å². The normalized spacial score (nSPS) is 13.8. The third-order valence-electron chi connectivity index (χ3n) is 4.20. The minimum Gasteiger partial charge on any atom is -0.326 e. The number of hydrogen-bond donors (Lipinski definition) is 0. The molecule has 0 aliphatic rings. The van der Waals surface area contributed by atoms with E-state index in [-0.39, 0.29) is 11.2 Å². The Morgan fingerprint density at radius 1 is 1.14 bits per heavy atom. The quantitative estimate of drug-likeness (QED) is 0.676. The minimum atomic E-state index is -0.233. The summed E-state index contributed by atoms with van der Waals surface area (Å²) in [7, 11) is 0. The van der Waals surface area contributed by atoms with Crippen molar-refractivity contribution in [2.24, 2.45) is 17.8 Å². The molecule has 0 radical (unpaired) electrons. The molecule has 2 nitrogen and oxygen atoms in total. The van der Waals surface area contributed by atoms with Gasteiger partial charge < -0.3 is 4.57 Å². The number of fused-ring (bicyclic) bond motifs is 1. The van der Waals surface area contributed by atoms with Gasteiger partial charge in [0, 0.05) is 6.54 Å². The molecule has 0 saturated carbocycles. The zero-order chi connectivity index (χ0) is 15.7. The smallest absolute Gasteiger partial charge is 0.127 e. The monoisotopic (exact) mass is 310 g/mol. The van der Waals surface area contributed by atoms with Crippen LogP contribution in [-0.4, -0.2) is 9.55 Å². The van der Waals surface area contributed by atoms with E-state index >= 15 is 0 Å². The van der Waals surface area contributed by atoms with Crippen molar-refractivity contribution in [2.45, 2.75) is 46.5 Å². The van der Waals surface area contributed by atoms with Crippen LogP contribution in [0.25, 0.3) is 11.0 Å². The second-order valence-corrected chi connectivity index (χ2v) is 7.14. The van der Waals surface area contributed by atoms with E-state index in [2.05, 4.69) is 37.2 Å². The lowest BCUT2D eigenvalue weighted by molar-refractivity contribution is 0.252. The second-order valence-electron chi connectivity index (χ2n) is 6.48. The lowest BCUT2D eigenvalue weighted by Crippen LogP contribution is -2.23. The summed E-state index contributed by atoms with van der Waals surface area (Å²) in [6.07, 6.45) is 0. The fraction of sp³-hybridized carbons (Fsp3) is 0.588. The predicted molar refractivity (Wildman–Crippen MR) is 87.1 cm³/mol. The van der Waals surface area contributed by atoms with Gasteiger partial charge in [-0.2, -0.15) is 0 Å². The molecule has 0 bridgehead atoms. The van der Waals surface area contributed by atoms with Crippen LogP contribution in [0.3, 0.4) is 0 Å². The molecule has 116 valence electrons. The van der Waals surface area contributed by atoms with Crippen molar-refractivity contribution in [3.8, 4) is 0 Å². The summed E-state index contributed by atoms with van der Waals surface area (Å²) < 4.78 is 15.7. The maximum atomic E-state index is 13.6. The first-order valence-electron chi connectivity index (χ1n) is 7.61. The molecule has 1 heterocycles. The van der Waals surface area contributed by atoms with Gasteiger partial charge in [0.1, 0.15) is 11.6 Å². The Morgan fingerprint density at radius 2 is 1.76 bits per heavy atom. The number of aromatic nitrogens is 2. The van der Waals surface area contributed by atoms with Gasteiger partial charge in [0.2, 0.25) is 0 Å². The van der Waals surface area contributed by atoms with Crippen LogP contribution in [0.4, 0.5) is 4.39 Å². The maximum Gasteiger partial charge on any atom is 0.127 e. The van der Waals surface area contributed by atoms with Crippen LogP contribution < -0.4 is 0 Å². The van der Waals surface area contributed by atoms with E-state index in [1.165, 1.54) is 6.07 Å². The Balaban J connectivity index is 2.54. The summed E-state index contributed by atoms with van der Waals surface area (Å²) in [5.74, 6) is 2.19. The van der Waals surface area contributed by atoms with Gasteiger partial charge in [-0.15, -0.1) is 11.6 Å². The SMILES string of the molecule is CC(Cl)c1nc2ccc(F)cc2n1CC(C(C)C)C(C)C. The fourth-order valence-corrected chi connectivity index (χ4v) is 3.18. The number of imidazole rings is 1. The predicted octanol–water partition coefficient (Wildman–Crippen LogP) is 5.40. The molecular formula is C17H24ClFN2. The van der Waals surface area contributed by atoms with E-state index in [1.807, 2.05) is 6.92 Å². The number of hydrogen-bond acceptors (Lipinski definition) is 1. The molecule has 2 rings (SSSR count). The van der Waals surface area contributed by atoms with Gasteiger partial charge in [-0.05, 0) is 42.9 Å². The molecule has 1 atom stereocenters. The number of alkyl halides is 1. The molecule has 1 unspecified atom stereocenters. The number of halogens is 2. The molecule has 0 spiro atoms. The van der Waals surface area contributed by atoms with E-state index in [1.54, 1.807) is 12.1 Å². The summed E-state index contributed by atoms with van der Waals surface area (Å²) in [5.41, 5.74) is 1.65. The van der Waals surface area contributed by atoms with Crippen molar-refractivity contribution in [3.63, 3.8) is 0 Å². The highest BCUT2D eigenvalue weighted by Gasteiger charge is 2.22. The first-order chi connectivity index (χ1) is 9.81. The molecule has 0 aliphatic carbocycles. The highest BCUT2D eigenvalue weighted by atomic mass is 35.5. The average Bonchev–Trinajstić information content (AvgIpc) is 2.73. The second kappa shape index (κ2) is 6.35. The van der Waals surface area contributed by atoms with Crippen LogP contribution in [0.5, 0.6) is 0 Å². The zero-order valence-electron chi connectivity index (χ0n) is 13.4. The Kier molecular flexibility index (Phi) is 4.92. The highest BCUT2D eigenvalue weighted by molar-refractivity contribution is 6.20. The van der Waals surface area contributed by atoms with Crippen LogP contribution in [0, 0.1) is 23.6 Å². The van der Waals surface area contributed by atoms with Gasteiger partial charge in [-0.25, -0.2) is 9.37 Å². The van der Waals surface area contributed by atoms with Crippen molar-refractivity contribution in [1.29, 1.82) is 0 Å². The van der Waals surface area contributed by atoms with Gasteiger partial charge in [-0.3, -0.25) is 0 Å². The number of rotatable bonds is 5. The molecular weight excluding hydrogens is 287 g/mol. The fourth-order valence-electron chi connectivity index (χ4n) is 3.01. The van der Waals surface area contributed by atoms with Crippen LogP contribution >= 0.6 is 11.6 Å². The largest absolute Gasteiger partial charge is 0.326 e. The standard InChI is InChI=1S/C17H24ClFN2/c1-10(2)14(11(3)4)9-21-16-8-13(19)6-7-15(16)20-17(21)12(5)18/h6-8,10-12,14H,9H2,1-5H3. The molecule has 4 heteroatoms. The zero-order valence-corrected chi connectivity index (χ0v) is 14.2. The van der Waals surface area contributed by atoms with Crippen LogP contribution in [0.1, 0.15) is 45.8 Å². The van der Waals surface area contributed by atoms with Crippen LogP contribution in [-0.2, 0) is 6.54 Å². The topological polar surface area (TPSA) is 17.8 Å². The molecule has 0 aliphatic heterocycles. The van der Waals surface area contributed by atoms with Crippen LogP contribution in [0.15, 0.2) is 18.2 Å². The van der Waals surface area contributed by atoms with Crippen molar-refractivity contribution < 1.29 is 4.39 Å². The van der Waals surface area contributed by atoms with Crippen molar-refractivity contribution in [3.05, 3.63) is 29.8 Å². The van der Waals surface area contributed by atoms with Crippen molar-refractivity contribution in [2.75, 3.05) is 0 Å². The summed E-state index contributed by atoms with van der Waals surface area (Å²) in [6, 6.07) is 4.73. The highest BCUT2D eigenvalue weighted by Crippen LogP contribution is 2.30. The van der Waals surface area contributed by atoms with Crippen molar-refractivity contribution >= 4 is 22.6 Å². The van der Waals surface area contributed by atoms with E-state index in [0.717, 1.165) is 23.4 Å². The van der Waals surface area contributed by atoms with Crippen molar-refractivity contribution in [1.82, 2.24) is 9.55 Å². The Bertz CT molecular complexity index is 609. The summed E-state index contributed by atoms with van der Waals surface area (Å²) in [4.78, 5) is 4.59. The summed E-state index contributed by atoms with van der Waals surface area (Å²) in [5, 5.41) is -0.194. The molecule has 21 heavy (non-hydrogen) atoms. The Morgan fingerprint density at radius 3 is 2.29 bits per heavy atom. The average molecular weight is 311 g/mol. The number of nitrogens with zero attached hydrogens (tertiary/aromatic N) is 2. The first kappa shape index (κ1) is 16.3. The molecule has 0 N–H and O–H groups in total. The molecule has 0 fully saturated rings. The van der Waals surface area contributed by atoms with Gasteiger partial charge in [-0.1, -0.05) is 27.7 Å². The Hall–Kier alpha value is -1.09. The number of benzene rings is 1. The third-order valence-corrected chi connectivity index (χ3v) is 4.40. The van der Waals surface area contributed by atoms with E-state index < -0.39 is 0 Å². The minimum absolute atomic E-state index is 0.194. The Labute approximate surface area is 131 Å². The molecule has 1 aromatic heterocycles. The lowest BCUT2D eigenvalue weighted by atomic mass is 9.85. The molecule has 0 saturated heterocycles. The molecule has 2 aromatic rings. The van der Waals surface area contributed by atoms with Gasteiger partial charge in [0.15, 0.2) is 0 Å². The summed E-state index contributed by atoms with van der Waals surface area (Å²) >= 11 is 6.29. The van der Waals surface area contributed by atoms with Gasteiger partial charge in [0.05, 0.1) is 16.4 Å². The lowest BCUT2D eigenvalue weighted by Gasteiger charge is -2.26. The van der Waals surface area contributed by atoms with Crippen LogP contribution in [0.2, 0.25) is 0 Å². The molecule has 0 amide bonds. The third kappa shape index (κ3) is 3.39. The first-order valence-corrected chi connectivity index (χ1v) is 8.04. The van der Waals surface area contributed by atoms with E-state index in [0.29, 0.717) is 17.8 Å². The summed E-state index contributed by atoms with van der Waals surface area (Å²) in [6.45, 7) is 11.7. The van der Waals surface area contributed by atoms with E-state index in [9.17, 15) is 4.39 Å². The van der Waals surface area contributed by atoms with Gasteiger partial charge in [0.25, 0.3) is 0 Å². The molecule has 1 aromatic carbocycles. The maximum absolute atomic E-state index is 13.6.